The van der Waals surface area contributed by atoms with Crippen LogP contribution in [-0.4, -0.2) is 49.7 Å². The minimum atomic E-state index is -0.287. The number of ether oxygens (including phenoxy) is 1. The number of hydrogen-bond acceptors (Lipinski definition) is 3. The molecule has 108 valence electrons. The third-order valence-corrected chi connectivity index (χ3v) is 3.37. The van der Waals surface area contributed by atoms with Crippen LogP contribution in [0.2, 0.25) is 0 Å². The number of amides is 1. The van der Waals surface area contributed by atoms with Gasteiger partial charge >= 0.3 is 0 Å². The van der Waals surface area contributed by atoms with Crippen molar-refractivity contribution in [1.29, 1.82) is 0 Å². The van der Waals surface area contributed by atoms with Gasteiger partial charge in [0.05, 0.1) is 0 Å². The lowest BCUT2D eigenvalue weighted by Crippen LogP contribution is -2.45. The van der Waals surface area contributed by atoms with Crippen molar-refractivity contribution in [3.63, 3.8) is 0 Å². The Bertz CT molecular complexity index is 231. The van der Waals surface area contributed by atoms with Crippen molar-refractivity contribution in [2.45, 2.75) is 39.7 Å². The molecule has 1 unspecified atom stereocenters. The molecule has 18 heavy (non-hydrogen) atoms. The second-order valence-corrected chi connectivity index (χ2v) is 4.67. The highest BCUT2D eigenvalue weighted by atomic mass is 35.5. The van der Waals surface area contributed by atoms with Gasteiger partial charge in [-0.3, -0.25) is 4.79 Å². The molecule has 1 amide bonds. The molecule has 0 saturated carbocycles. The molecule has 0 bridgehead atoms. The molecule has 0 aromatic carbocycles. The average molecular weight is 279 g/mol. The molecule has 0 aliphatic carbocycles. The zero-order valence-electron chi connectivity index (χ0n) is 11.8. The van der Waals surface area contributed by atoms with Gasteiger partial charge < -0.3 is 15.0 Å². The summed E-state index contributed by atoms with van der Waals surface area (Å²) in [6, 6.07) is 0. The number of hydrogen-bond donors (Lipinski definition) is 1. The van der Waals surface area contributed by atoms with Gasteiger partial charge in [0.15, 0.2) is 0 Å². The van der Waals surface area contributed by atoms with E-state index < -0.39 is 0 Å². The summed E-state index contributed by atoms with van der Waals surface area (Å²) in [6.07, 6.45) is 1.93. The normalized spacial score (nSPS) is 18.3. The largest absolute Gasteiger partial charge is 0.369 e. The standard InChI is InChI=1S/C13H26N2O2.ClH/c1-4-14-10-12-6-8-15(9-7-12)13(16)11(3)17-5-2;/h11-12,14H,4-10H2,1-3H3;1H. The monoisotopic (exact) mass is 278 g/mol. The van der Waals surface area contributed by atoms with E-state index in [1.54, 1.807) is 0 Å². The number of piperidine rings is 1. The van der Waals surface area contributed by atoms with Gasteiger partial charge in [-0.2, -0.15) is 0 Å². The van der Waals surface area contributed by atoms with Crippen molar-refractivity contribution >= 4 is 18.3 Å². The van der Waals surface area contributed by atoms with Crippen molar-refractivity contribution in [1.82, 2.24) is 10.2 Å². The number of carbonyl (C=O) groups excluding carboxylic acids is 1. The van der Waals surface area contributed by atoms with Crippen molar-refractivity contribution in [3.05, 3.63) is 0 Å². The van der Waals surface area contributed by atoms with Crippen molar-refractivity contribution in [3.8, 4) is 0 Å². The predicted octanol–water partition coefficient (Wildman–Crippen LogP) is 1.68. The number of nitrogens with one attached hydrogen (secondary N) is 1. The second-order valence-electron chi connectivity index (χ2n) is 4.67. The van der Waals surface area contributed by atoms with Crippen LogP contribution in [-0.2, 0) is 9.53 Å². The molecule has 1 saturated heterocycles. The van der Waals surface area contributed by atoms with Gasteiger partial charge in [0.1, 0.15) is 6.10 Å². The lowest BCUT2D eigenvalue weighted by atomic mass is 9.96. The average Bonchev–Trinajstić information content (AvgIpc) is 2.36. The van der Waals surface area contributed by atoms with E-state index in [0.29, 0.717) is 6.61 Å². The fraction of sp³-hybridized carbons (Fsp3) is 0.923. The number of rotatable bonds is 6. The summed E-state index contributed by atoms with van der Waals surface area (Å²) in [5.74, 6) is 0.871. The van der Waals surface area contributed by atoms with Gasteiger partial charge in [-0.15, -0.1) is 12.4 Å². The van der Waals surface area contributed by atoms with E-state index in [4.69, 9.17) is 4.74 Å². The van der Waals surface area contributed by atoms with Crippen LogP contribution in [0.5, 0.6) is 0 Å². The fourth-order valence-corrected chi connectivity index (χ4v) is 2.28. The van der Waals surface area contributed by atoms with Crippen molar-refractivity contribution < 1.29 is 9.53 Å². The van der Waals surface area contributed by atoms with Crippen LogP contribution in [0.25, 0.3) is 0 Å². The quantitative estimate of drug-likeness (QED) is 0.804. The smallest absolute Gasteiger partial charge is 0.251 e. The zero-order valence-corrected chi connectivity index (χ0v) is 12.6. The van der Waals surface area contributed by atoms with Crippen LogP contribution in [0.4, 0.5) is 0 Å². The van der Waals surface area contributed by atoms with Crippen LogP contribution < -0.4 is 5.32 Å². The van der Waals surface area contributed by atoms with Gasteiger partial charge in [-0.25, -0.2) is 0 Å². The van der Waals surface area contributed by atoms with Crippen molar-refractivity contribution in [2.75, 3.05) is 32.8 Å². The van der Waals surface area contributed by atoms with Gasteiger partial charge in [0.25, 0.3) is 5.91 Å². The maximum Gasteiger partial charge on any atom is 0.251 e. The summed E-state index contributed by atoms with van der Waals surface area (Å²) in [6.45, 7) is 10.4. The van der Waals surface area contributed by atoms with E-state index in [9.17, 15) is 4.79 Å². The molecular weight excluding hydrogens is 252 g/mol. The van der Waals surface area contributed by atoms with Gasteiger partial charge in [-0.1, -0.05) is 6.92 Å². The fourth-order valence-electron chi connectivity index (χ4n) is 2.28. The lowest BCUT2D eigenvalue weighted by Gasteiger charge is -2.33. The Kier molecular flexibility index (Phi) is 9.42. The van der Waals surface area contributed by atoms with Gasteiger partial charge in [0, 0.05) is 19.7 Å². The lowest BCUT2D eigenvalue weighted by molar-refractivity contribution is -0.143. The Morgan fingerprint density at radius 1 is 1.39 bits per heavy atom. The summed E-state index contributed by atoms with van der Waals surface area (Å²) >= 11 is 0. The molecule has 4 nitrogen and oxygen atoms in total. The summed E-state index contributed by atoms with van der Waals surface area (Å²) in [7, 11) is 0. The number of halogens is 1. The van der Waals surface area contributed by atoms with E-state index in [1.165, 1.54) is 0 Å². The third kappa shape index (κ3) is 5.55. The summed E-state index contributed by atoms with van der Waals surface area (Å²) in [5.41, 5.74) is 0. The predicted molar refractivity (Wildman–Crippen MR) is 76.2 cm³/mol. The maximum atomic E-state index is 12.0. The highest BCUT2D eigenvalue weighted by Crippen LogP contribution is 2.17. The number of likely N-dealkylation sites (tertiary alicyclic amines) is 1. The van der Waals surface area contributed by atoms with Gasteiger partial charge in [0.2, 0.25) is 0 Å². The van der Waals surface area contributed by atoms with E-state index in [-0.39, 0.29) is 24.4 Å². The molecule has 1 heterocycles. The maximum absolute atomic E-state index is 12.0. The van der Waals surface area contributed by atoms with Gasteiger partial charge in [-0.05, 0) is 45.7 Å². The third-order valence-electron chi connectivity index (χ3n) is 3.37. The molecule has 1 aliphatic heterocycles. The molecule has 0 radical (unpaired) electrons. The molecule has 1 N–H and O–H groups in total. The molecule has 0 spiro atoms. The van der Waals surface area contributed by atoms with Crippen LogP contribution in [0.3, 0.4) is 0 Å². The molecule has 1 fully saturated rings. The molecule has 1 atom stereocenters. The summed E-state index contributed by atoms with van der Waals surface area (Å²) in [5, 5.41) is 3.38. The van der Waals surface area contributed by atoms with Crippen LogP contribution >= 0.6 is 12.4 Å². The minimum Gasteiger partial charge on any atom is -0.369 e. The first-order chi connectivity index (χ1) is 8.19. The summed E-state index contributed by atoms with van der Waals surface area (Å²) < 4.78 is 5.35. The van der Waals surface area contributed by atoms with Crippen molar-refractivity contribution in [2.24, 2.45) is 5.92 Å². The number of nitrogens with zero attached hydrogens (tertiary/aromatic N) is 1. The highest BCUT2D eigenvalue weighted by Gasteiger charge is 2.25. The second kappa shape index (κ2) is 9.59. The highest BCUT2D eigenvalue weighted by molar-refractivity contribution is 5.85. The Morgan fingerprint density at radius 2 is 2.00 bits per heavy atom. The van der Waals surface area contributed by atoms with Crippen LogP contribution in [0.15, 0.2) is 0 Å². The van der Waals surface area contributed by atoms with Crippen LogP contribution in [0.1, 0.15) is 33.6 Å². The summed E-state index contributed by atoms with van der Waals surface area (Å²) in [4.78, 5) is 13.9. The van der Waals surface area contributed by atoms with E-state index in [2.05, 4.69) is 12.2 Å². The van der Waals surface area contributed by atoms with E-state index >= 15 is 0 Å². The Labute approximate surface area is 117 Å². The molecule has 1 aliphatic rings. The molecular formula is C13H27ClN2O2. The van der Waals surface area contributed by atoms with E-state index in [1.807, 2.05) is 18.7 Å². The Balaban J connectivity index is 0.00000289. The molecule has 1 rings (SSSR count). The Morgan fingerprint density at radius 3 is 2.50 bits per heavy atom. The first-order valence-electron chi connectivity index (χ1n) is 6.80. The van der Waals surface area contributed by atoms with E-state index in [0.717, 1.165) is 44.9 Å². The minimum absolute atomic E-state index is 0. The SMILES string of the molecule is CCNCC1CCN(C(=O)C(C)OCC)CC1.Cl. The first-order valence-corrected chi connectivity index (χ1v) is 6.80. The first kappa shape index (κ1) is 17.7. The van der Waals surface area contributed by atoms with Crippen LogP contribution in [0, 0.1) is 5.92 Å². The molecule has 0 aromatic heterocycles. The number of carbonyl (C=O) groups is 1. The topological polar surface area (TPSA) is 41.6 Å². The molecule has 5 heteroatoms. The Hall–Kier alpha value is -0.320. The molecule has 0 aromatic rings. The zero-order chi connectivity index (χ0) is 12.7.